The van der Waals surface area contributed by atoms with Crippen molar-refractivity contribution in [2.24, 2.45) is 12.0 Å². The quantitative estimate of drug-likeness (QED) is 0.436. The molecular weight excluding hydrogens is 437 g/mol. The van der Waals surface area contributed by atoms with E-state index < -0.39 is 47.1 Å². The molecule has 8 nitrogen and oxygen atoms in total. The molecule has 1 aliphatic heterocycles. The van der Waals surface area contributed by atoms with E-state index in [1.54, 1.807) is 0 Å². The van der Waals surface area contributed by atoms with Gasteiger partial charge in [0.05, 0.1) is 28.2 Å². The second kappa shape index (κ2) is 8.13. The van der Waals surface area contributed by atoms with Gasteiger partial charge in [-0.1, -0.05) is 16.7 Å². The number of carbonyl (C=O) groups excluding carboxylic acids is 1. The zero-order valence-corrected chi connectivity index (χ0v) is 16.2. The Morgan fingerprint density at radius 1 is 1.30 bits per heavy atom. The Labute approximate surface area is 171 Å². The van der Waals surface area contributed by atoms with Gasteiger partial charge in [0.25, 0.3) is 11.8 Å². The van der Waals surface area contributed by atoms with Crippen molar-refractivity contribution in [3.8, 4) is 0 Å². The van der Waals surface area contributed by atoms with Crippen LogP contribution in [0.15, 0.2) is 17.1 Å². The molecule has 1 aliphatic rings. The van der Waals surface area contributed by atoms with E-state index in [9.17, 15) is 26.7 Å². The van der Waals surface area contributed by atoms with Crippen LogP contribution in [0.3, 0.4) is 0 Å². The minimum absolute atomic E-state index is 0.0461. The van der Waals surface area contributed by atoms with E-state index in [1.807, 2.05) is 0 Å². The number of halogens is 6. The van der Waals surface area contributed by atoms with Crippen molar-refractivity contribution in [2.45, 2.75) is 24.9 Å². The number of likely N-dealkylation sites (tertiary alicyclic amines) is 1. The third kappa shape index (κ3) is 4.83. The highest BCUT2D eigenvalue weighted by Crippen LogP contribution is 2.42. The van der Waals surface area contributed by atoms with Crippen LogP contribution in [0.5, 0.6) is 0 Å². The number of nitrogens with zero attached hydrogens (tertiary/aromatic N) is 6. The molecule has 1 fully saturated rings. The van der Waals surface area contributed by atoms with Crippen LogP contribution in [0.1, 0.15) is 28.8 Å². The lowest BCUT2D eigenvalue weighted by atomic mass is 10.1. The summed E-state index contributed by atoms with van der Waals surface area (Å²) in [6.45, 7) is -0.149. The Hall–Kier alpha value is -2.83. The average Bonchev–Trinajstić information content (AvgIpc) is 3.05. The van der Waals surface area contributed by atoms with Gasteiger partial charge >= 0.3 is 6.18 Å². The number of nitrogens with one attached hydrogen (secondary N) is 1. The smallest absolute Gasteiger partial charge is 0.362 e. The Bertz CT molecular complexity index is 965. The molecule has 2 heterocycles. The van der Waals surface area contributed by atoms with Crippen LogP contribution in [0, 0.1) is 0 Å². The number of hydrogen-bond acceptors (Lipinski definition) is 5. The standard InChI is InChI=1S/C16H15ClF5N7O/c1-28-14(25-26-27-28)24-13(30)9-2-3-10(16(20,21)22)12(11(9)17)23-8-29-6-4-15(18,19)5-7-29/h2-3,8H,4-7H2,1H3,(H,24,25,27,30). The van der Waals surface area contributed by atoms with Gasteiger partial charge in [0.2, 0.25) is 5.95 Å². The molecule has 0 atom stereocenters. The van der Waals surface area contributed by atoms with Crippen LogP contribution < -0.4 is 5.32 Å². The normalized spacial score (nSPS) is 16.8. The Morgan fingerprint density at radius 3 is 2.53 bits per heavy atom. The van der Waals surface area contributed by atoms with Gasteiger partial charge in [0, 0.05) is 33.0 Å². The predicted octanol–water partition coefficient (Wildman–Crippen LogP) is 3.53. The minimum Gasteiger partial charge on any atom is -0.362 e. The summed E-state index contributed by atoms with van der Waals surface area (Å²) in [7, 11) is 1.45. The van der Waals surface area contributed by atoms with Crippen molar-refractivity contribution in [3.05, 3.63) is 28.3 Å². The van der Waals surface area contributed by atoms with E-state index in [1.165, 1.54) is 11.9 Å². The fourth-order valence-electron chi connectivity index (χ4n) is 2.71. The third-order valence-corrected chi connectivity index (χ3v) is 4.77. The molecule has 1 amide bonds. The Morgan fingerprint density at radius 2 is 1.97 bits per heavy atom. The Balaban J connectivity index is 1.91. The highest BCUT2D eigenvalue weighted by molar-refractivity contribution is 6.37. The molecular formula is C16H15ClF5N7O. The number of rotatable bonds is 4. The molecule has 1 N–H and O–H groups in total. The third-order valence-electron chi connectivity index (χ3n) is 4.39. The summed E-state index contributed by atoms with van der Waals surface area (Å²) in [6, 6.07) is 1.58. The number of piperidine rings is 1. The molecule has 0 aliphatic carbocycles. The van der Waals surface area contributed by atoms with Crippen LogP contribution in [0.4, 0.5) is 33.6 Å². The molecule has 14 heteroatoms. The van der Waals surface area contributed by atoms with Gasteiger partial charge in [0.15, 0.2) is 0 Å². The zero-order valence-electron chi connectivity index (χ0n) is 15.4. The molecule has 1 saturated heterocycles. The fraction of sp³-hybridized carbons (Fsp3) is 0.438. The van der Waals surface area contributed by atoms with Gasteiger partial charge in [-0.2, -0.15) is 13.2 Å². The van der Waals surface area contributed by atoms with Crippen molar-refractivity contribution in [1.82, 2.24) is 25.1 Å². The number of aliphatic imine (C=N–C) groups is 1. The second-order valence-corrected chi connectivity index (χ2v) is 6.92. The van der Waals surface area contributed by atoms with Crippen molar-refractivity contribution in [1.29, 1.82) is 0 Å². The van der Waals surface area contributed by atoms with Crippen molar-refractivity contribution >= 4 is 35.5 Å². The van der Waals surface area contributed by atoms with E-state index >= 15 is 0 Å². The lowest BCUT2D eigenvalue weighted by molar-refractivity contribution is -0.137. The van der Waals surface area contributed by atoms with Crippen LogP contribution in [0.25, 0.3) is 0 Å². The first-order valence-corrected chi connectivity index (χ1v) is 8.95. The maximum Gasteiger partial charge on any atom is 0.418 e. The molecule has 1 aromatic carbocycles. The van der Waals surface area contributed by atoms with E-state index in [-0.39, 0.29) is 24.6 Å². The molecule has 0 unspecified atom stereocenters. The van der Waals surface area contributed by atoms with Crippen molar-refractivity contribution < 1.29 is 26.7 Å². The topological polar surface area (TPSA) is 88.3 Å². The number of carbonyl (C=O) groups is 1. The SMILES string of the molecule is Cn1nnnc1NC(=O)c1ccc(C(F)(F)F)c(N=CN2CCC(F)(F)CC2)c1Cl. The van der Waals surface area contributed by atoms with Crippen molar-refractivity contribution in [2.75, 3.05) is 18.4 Å². The monoisotopic (exact) mass is 451 g/mol. The highest BCUT2D eigenvalue weighted by Gasteiger charge is 2.36. The van der Waals surface area contributed by atoms with Gasteiger partial charge in [-0.3, -0.25) is 10.1 Å². The summed E-state index contributed by atoms with van der Waals surface area (Å²) in [5.41, 5.74) is -2.14. The largest absolute Gasteiger partial charge is 0.418 e. The van der Waals surface area contributed by atoms with Crippen LogP contribution >= 0.6 is 11.6 Å². The lowest BCUT2D eigenvalue weighted by Gasteiger charge is -2.30. The number of hydrogen-bond donors (Lipinski definition) is 1. The molecule has 2 aromatic rings. The Kier molecular flexibility index (Phi) is 5.92. The van der Waals surface area contributed by atoms with E-state index in [0.29, 0.717) is 6.07 Å². The molecule has 3 rings (SSSR count). The average molecular weight is 452 g/mol. The summed E-state index contributed by atoms with van der Waals surface area (Å²) in [6.07, 6.45) is -4.64. The van der Waals surface area contributed by atoms with Crippen LogP contribution in [-0.2, 0) is 13.2 Å². The molecule has 30 heavy (non-hydrogen) atoms. The summed E-state index contributed by atoms with van der Waals surface area (Å²) < 4.78 is 67.9. The van der Waals surface area contributed by atoms with E-state index in [0.717, 1.165) is 17.1 Å². The molecule has 0 saturated carbocycles. The first kappa shape index (κ1) is 21.9. The number of aryl methyl sites for hydroxylation is 1. The van der Waals surface area contributed by atoms with Gasteiger partial charge in [-0.25, -0.2) is 18.5 Å². The van der Waals surface area contributed by atoms with E-state index in [2.05, 4.69) is 25.8 Å². The summed E-state index contributed by atoms with van der Waals surface area (Å²) in [4.78, 5) is 17.6. The first-order chi connectivity index (χ1) is 14.0. The van der Waals surface area contributed by atoms with Crippen molar-refractivity contribution in [3.63, 3.8) is 0 Å². The highest BCUT2D eigenvalue weighted by atomic mass is 35.5. The minimum atomic E-state index is -4.80. The molecule has 162 valence electrons. The zero-order chi connectivity index (χ0) is 22.1. The molecule has 0 radical (unpaired) electrons. The number of benzene rings is 1. The summed E-state index contributed by atoms with van der Waals surface area (Å²) in [5.74, 6) is -3.71. The molecule has 0 bridgehead atoms. The van der Waals surface area contributed by atoms with Crippen LogP contribution in [-0.4, -0.2) is 56.4 Å². The van der Waals surface area contributed by atoms with Gasteiger partial charge in [-0.05, 0) is 22.6 Å². The second-order valence-electron chi connectivity index (χ2n) is 6.54. The maximum atomic E-state index is 13.4. The van der Waals surface area contributed by atoms with Crippen LogP contribution in [0.2, 0.25) is 5.02 Å². The lowest BCUT2D eigenvalue weighted by Crippen LogP contribution is -2.38. The molecule has 0 spiro atoms. The van der Waals surface area contributed by atoms with Gasteiger partial charge < -0.3 is 4.90 Å². The number of aromatic nitrogens is 4. The summed E-state index contributed by atoms with van der Waals surface area (Å²) >= 11 is 6.09. The maximum absolute atomic E-state index is 13.4. The number of anilines is 1. The van der Waals surface area contributed by atoms with Gasteiger partial charge in [-0.15, -0.1) is 0 Å². The predicted molar refractivity (Wildman–Crippen MR) is 97.1 cm³/mol. The number of tetrazole rings is 1. The summed E-state index contributed by atoms with van der Waals surface area (Å²) in [5, 5.41) is 12.2. The molecule has 1 aromatic heterocycles. The fourth-order valence-corrected chi connectivity index (χ4v) is 3.00. The van der Waals surface area contributed by atoms with E-state index in [4.69, 9.17) is 11.6 Å². The number of amides is 1. The first-order valence-electron chi connectivity index (χ1n) is 8.57. The number of alkyl halides is 5. The van der Waals surface area contributed by atoms with Gasteiger partial charge in [0.1, 0.15) is 0 Å².